The summed E-state index contributed by atoms with van der Waals surface area (Å²) in [6.07, 6.45) is -2.06. The van der Waals surface area contributed by atoms with Crippen LogP contribution in [0.4, 0.5) is 29.5 Å². The molecule has 1 aromatic carbocycles. The molecular formula is C19H16F3N5O2. The molecule has 10 heteroatoms. The van der Waals surface area contributed by atoms with Crippen molar-refractivity contribution < 1.29 is 18.0 Å². The fraction of sp³-hybridized carbons (Fsp3) is 0.316. The van der Waals surface area contributed by atoms with E-state index in [-0.39, 0.29) is 29.5 Å². The number of anilines is 2. The highest BCUT2D eigenvalue weighted by atomic mass is 19.4. The molecule has 7 nitrogen and oxygen atoms in total. The Bertz CT molecular complexity index is 1110. The summed E-state index contributed by atoms with van der Waals surface area (Å²) < 4.78 is 43.4. The molecule has 1 aliphatic carbocycles. The van der Waals surface area contributed by atoms with E-state index in [1.807, 2.05) is 5.32 Å². The minimum Gasteiger partial charge on any atom is -0.383 e. The Kier molecular flexibility index (Phi) is 4.26. The van der Waals surface area contributed by atoms with Crippen molar-refractivity contribution in [3.8, 4) is 11.8 Å². The van der Waals surface area contributed by atoms with Gasteiger partial charge in [-0.1, -0.05) is 24.0 Å². The Morgan fingerprint density at radius 1 is 1.28 bits per heavy atom. The van der Waals surface area contributed by atoms with Gasteiger partial charge in [-0.15, -0.1) is 0 Å². The third-order valence-electron chi connectivity index (χ3n) is 4.76. The average Bonchev–Trinajstić information content (AvgIpc) is 3.45. The third-order valence-corrected chi connectivity index (χ3v) is 4.76. The van der Waals surface area contributed by atoms with Crippen LogP contribution in [0.2, 0.25) is 0 Å². The lowest BCUT2D eigenvalue weighted by Gasteiger charge is -2.37. The highest BCUT2D eigenvalue weighted by Crippen LogP contribution is 2.44. The fourth-order valence-electron chi connectivity index (χ4n) is 3.10. The molecule has 1 aromatic heterocycles. The SMILES string of the molecule is Nc1cc(=O)n(Cc2ccc3c(c2)NC(=O)N[C@]3(C#CC2CC2)C(F)(F)F)cn1. The number of alkyl halides is 3. The average molecular weight is 403 g/mol. The van der Waals surface area contributed by atoms with Crippen LogP contribution >= 0.6 is 0 Å². The van der Waals surface area contributed by atoms with Gasteiger partial charge in [0.25, 0.3) is 5.56 Å². The highest BCUT2D eigenvalue weighted by Gasteiger charge is 2.59. The molecule has 0 spiro atoms. The summed E-state index contributed by atoms with van der Waals surface area (Å²) in [4.78, 5) is 27.8. The van der Waals surface area contributed by atoms with Gasteiger partial charge in [-0.25, -0.2) is 9.78 Å². The van der Waals surface area contributed by atoms with E-state index < -0.39 is 23.3 Å². The summed E-state index contributed by atoms with van der Waals surface area (Å²) in [5.41, 5.74) is 2.57. The number of aromatic nitrogens is 2. The number of nitrogens with zero attached hydrogens (tertiary/aromatic N) is 2. The standard InChI is InChI=1S/C19H16F3N5O2/c20-19(21,22)18(6-5-11-1-2-11)13-4-3-12(7-14(13)25-17(29)26-18)9-27-10-24-15(23)8-16(27)28/h3-4,7-8,10-11H,1-2,9,23H2,(H2,25,26,29)/t18-/m0/s1. The topological polar surface area (TPSA) is 102 Å². The Labute approximate surface area is 163 Å². The van der Waals surface area contributed by atoms with Gasteiger partial charge in [-0.3, -0.25) is 9.36 Å². The highest BCUT2D eigenvalue weighted by molar-refractivity contribution is 5.95. The summed E-state index contributed by atoms with van der Waals surface area (Å²) in [5, 5.41) is 4.36. The van der Waals surface area contributed by atoms with Gasteiger partial charge in [-0.2, -0.15) is 13.2 Å². The number of fused-ring (bicyclic) bond motifs is 1. The second-order valence-electron chi connectivity index (χ2n) is 7.03. The smallest absolute Gasteiger partial charge is 0.383 e. The first-order valence-corrected chi connectivity index (χ1v) is 8.82. The summed E-state index contributed by atoms with van der Waals surface area (Å²) in [6, 6.07) is 4.27. The molecule has 1 aliphatic heterocycles. The lowest BCUT2D eigenvalue weighted by molar-refractivity contribution is -0.178. The first-order valence-electron chi connectivity index (χ1n) is 8.82. The zero-order valence-electron chi connectivity index (χ0n) is 15.0. The van der Waals surface area contributed by atoms with Gasteiger partial charge < -0.3 is 16.4 Å². The molecule has 4 N–H and O–H groups in total. The number of nitrogens with one attached hydrogen (secondary N) is 2. The van der Waals surface area contributed by atoms with E-state index in [9.17, 15) is 22.8 Å². The van der Waals surface area contributed by atoms with Crippen LogP contribution in [0.3, 0.4) is 0 Å². The van der Waals surface area contributed by atoms with Crippen LogP contribution in [-0.2, 0) is 12.1 Å². The normalized spacial score (nSPS) is 20.7. The summed E-state index contributed by atoms with van der Waals surface area (Å²) in [5.74, 6) is 4.90. The molecule has 2 aromatic rings. The van der Waals surface area contributed by atoms with Crippen molar-refractivity contribution in [1.82, 2.24) is 14.9 Å². The van der Waals surface area contributed by atoms with Gasteiger partial charge in [0.15, 0.2) is 0 Å². The maximum atomic E-state index is 14.0. The zero-order valence-corrected chi connectivity index (χ0v) is 15.0. The van der Waals surface area contributed by atoms with E-state index in [1.165, 1.54) is 29.1 Å². The number of carbonyl (C=O) groups is 1. The maximum Gasteiger partial charge on any atom is 0.427 e. The van der Waals surface area contributed by atoms with Crippen molar-refractivity contribution >= 4 is 17.5 Å². The first-order chi connectivity index (χ1) is 13.7. The van der Waals surface area contributed by atoms with Gasteiger partial charge in [0.05, 0.1) is 6.54 Å². The second kappa shape index (κ2) is 6.55. The molecule has 0 unspecified atom stereocenters. The number of benzene rings is 1. The lowest BCUT2D eigenvalue weighted by atomic mass is 9.85. The van der Waals surface area contributed by atoms with Gasteiger partial charge >= 0.3 is 12.2 Å². The molecule has 2 heterocycles. The van der Waals surface area contributed by atoms with Crippen molar-refractivity contribution in [2.45, 2.75) is 31.1 Å². The number of rotatable bonds is 2. The van der Waals surface area contributed by atoms with Gasteiger partial charge in [0.1, 0.15) is 12.1 Å². The van der Waals surface area contributed by atoms with E-state index >= 15 is 0 Å². The van der Waals surface area contributed by atoms with Crippen molar-refractivity contribution in [2.24, 2.45) is 5.92 Å². The largest absolute Gasteiger partial charge is 0.427 e. The Morgan fingerprint density at radius 3 is 2.69 bits per heavy atom. The number of amides is 2. The van der Waals surface area contributed by atoms with Gasteiger partial charge in [0.2, 0.25) is 5.54 Å². The van der Waals surface area contributed by atoms with Crippen molar-refractivity contribution in [3.05, 3.63) is 52.1 Å². The first kappa shape index (κ1) is 18.9. The zero-order chi connectivity index (χ0) is 20.8. The fourth-order valence-corrected chi connectivity index (χ4v) is 3.10. The quantitative estimate of drug-likeness (QED) is 0.669. The second-order valence-corrected chi connectivity index (χ2v) is 7.03. The molecule has 29 heavy (non-hydrogen) atoms. The number of hydrogen-bond acceptors (Lipinski definition) is 4. The van der Waals surface area contributed by atoms with Crippen LogP contribution in [0.25, 0.3) is 0 Å². The molecular weight excluding hydrogens is 387 g/mol. The number of carbonyl (C=O) groups excluding carboxylic acids is 1. The maximum absolute atomic E-state index is 14.0. The van der Waals surface area contributed by atoms with Gasteiger partial charge in [-0.05, 0) is 24.5 Å². The molecule has 0 saturated heterocycles. The minimum atomic E-state index is -4.82. The van der Waals surface area contributed by atoms with E-state index in [4.69, 9.17) is 5.73 Å². The van der Waals surface area contributed by atoms with Crippen LogP contribution in [0.15, 0.2) is 35.4 Å². The van der Waals surface area contributed by atoms with Crippen LogP contribution in [0.1, 0.15) is 24.0 Å². The third kappa shape index (κ3) is 3.51. The number of hydrogen-bond donors (Lipinski definition) is 3. The Balaban J connectivity index is 1.77. The van der Waals surface area contributed by atoms with E-state index in [0.29, 0.717) is 5.56 Å². The summed E-state index contributed by atoms with van der Waals surface area (Å²) in [6.45, 7) is 0.0511. The molecule has 1 saturated carbocycles. The monoisotopic (exact) mass is 403 g/mol. The molecule has 1 atom stereocenters. The van der Waals surface area contributed by atoms with E-state index in [2.05, 4.69) is 22.1 Å². The number of nitrogen functional groups attached to an aromatic ring is 1. The predicted molar refractivity (Wildman–Crippen MR) is 98.8 cm³/mol. The molecule has 2 amide bonds. The summed E-state index contributed by atoms with van der Waals surface area (Å²) >= 11 is 0. The van der Waals surface area contributed by atoms with Gasteiger partial charge in [0, 0.05) is 23.2 Å². The van der Waals surface area contributed by atoms with E-state index in [0.717, 1.165) is 18.9 Å². The number of halogens is 3. The molecule has 2 aliphatic rings. The van der Waals surface area contributed by atoms with Crippen LogP contribution in [-0.4, -0.2) is 21.8 Å². The Hall–Kier alpha value is -3.48. The molecule has 0 radical (unpaired) electrons. The predicted octanol–water partition coefficient (Wildman–Crippen LogP) is 2.18. The lowest BCUT2D eigenvalue weighted by Crippen LogP contribution is -2.59. The minimum absolute atomic E-state index is 0.00914. The van der Waals surface area contributed by atoms with Crippen molar-refractivity contribution in [3.63, 3.8) is 0 Å². The molecule has 1 fully saturated rings. The number of nitrogens with two attached hydrogens (primary N) is 1. The van der Waals surface area contributed by atoms with E-state index in [1.54, 1.807) is 0 Å². The number of urea groups is 1. The molecule has 4 rings (SSSR count). The molecule has 150 valence electrons. The summed E-state index contributed by atoms with van der Waals surface area (Å²) in [7, 11) is 0. The van der Waals surface area contributed by atoms with Crippen molar-refractivity contribution in [1.29, 1.82) is 0 Å². The van der Waals surface area contributed by atoms with Crippen LogP contribution in [0.5, 0.6) is 0 Å². The van der Waals surface area contributed by atoms with Crippen LogP contribution < -0.4 is 21.9 Å². The van der Waals surface area contributed by atoms with Crippen molar-refractivity contribution in [2.75, 3.05) is 11.1 Å². The van der Waals surface area contributed by atoms with Crippen LogP contribution in [0, 0.1) is 17.8 Å². The molecule has 0 bridgehead atoms. The Morgan fingerprint density at radius 2 is 2.03 bits per heavy atom.